The third kappa shape index (κ3) is 2.07. The van der Waals surface area contributed by atoms with E-state index in [1.165, 1.54) is 0 Å². The van der Waals surface area contributed by atoms with Crippen molar-refractivity contribution < 1.29 is 8.78 Å². The molecule has 0 amide bonds. The lowest BCUT2D eigenvalue weighted by molar-refractivity contribution is 0.562. The largest absolute Gasteiger partial charge is 0.399 e. The van der Waals surface area contributed by atoms with E-state index in [0.29, 0.717) is 16.8 Å². The summed E-state index contributed by atoms with van der Waals surface area (Å²) in [5.74, 6) is -1.19. The summed E-state index contributed by atoms with van der Waals surface area (Å²) in [6, 6.07) is 5.72. The second-order valence-corrected chi connectivity index (χ2v) is 4.03. The Morgan fingerprint density at radius 1 is 1.05 bits per heavy atom. The molecule has 0 unspecified atom stereocenters. The minimum absolute atomic E-state index is 0.0531. The predicted octanol–water partition coefficient (Wildman–Crippen LogP) is 1.79. The third-order valence-electron chi connectivity index (χ3n) is 2.74. The van der Waals surface area contributed by atoms with Gasteiger partial charge in [-0.3, -0.25) is 0 Å². The molecular formula is C12H8F2N6. The van der Waals surface area contributed by atoms with Gasteiger partial charge in [0, 0.05) is 22.9 Å². The predicted molar refractivity (Wildman–Crippen MR) is 67.2 cm³/mol. The molecule has 0 aliphatic heterocycles. The number of aromatic amines is 1. The molecule has 0 bridgehead atoms. The van der Waals surface area contributed by atoms with E-state index in [1.807, 2.05) is 0 Å². The molecule has 3 aromatic rings. The fraction of sp³-hybridized carbons (Fsp3) is 0. The molecule has 0 aliphatic carbocycles. The first-order valence-corrected chi connectivity index (χ1v) is 5.60. The second-order valence-electron chi connectivity index (χ2n) is 4.03. The van der Waals surface area contributed by atoms with E-state index < -0.39 is 11.8 Å². The fourth-order valence-electron chi connectivity index (χ4n) is 1.88. The minimum atomic E-state index is -0.780. The number of hydrogen-bond acceptors (Lipinski definition) is 5. The molecule has 2 aromatic heterocycles. The van der Waals surface area contributed by atoms with E-state index in [9.17, 15) is 8.78 Å². The first-order chi connectivity index (χ1) is 9.65. The maximum Gasteiger partial charge on any atom is 0.213 e. The van der Waals surface area contributed by atoms with Crippen molar-refractivity contribution >= 4 is 5.69 Å². The number of nitrogens with one attached hydrogen (secondary N) is 1. The normalized spacial score (nSPS) is 10.7. The highest BCUT2D eigenvalue weighted by Gasteiger charge is 2.15. The Morgan fingerprint density at radius 2 is 1.90 bits per heavy atom. The summed E-state index contributed by atoms with van der Waals surface area (Å²) in [7, 11) is 0. The zero-order chi connectivity index (χ0) is 14.1. The van der Waals surface area contributed by atoms with Crippen LogP contribution in [0.1, 0.15) is 0 Å². The number of benzene rings is 1. The van der Waals surface area contributed by atoms with Crippen LogP contribution in [-0.4, -0.2) is 25.6 Å². The highest BCUT2D eigenvalue weighted by Crippen LogP contribution is 2.33. The number of nitrogen functional groups attached to an aromatic ring is 1. The van der Waals surface area contributed by atoms with Gasteiger partial charge in [-0.2, -0.15) is 9.60 Å². The number of aromatic nitrogens is 5. The van der Waals surface area contributed by atoms with Crippen LogP contribution in [0.25, 0.3) is 22.5 Å². The zero-order valence-electron chi connectivity index (χ0n) is 10.0. The van der Waals surface area contributed by atoms with Crippen molar-refractivity contribution in [2.24, 2.45) is 0 Å². The van der Waals surface area contributed by atoms with Gasteiger partial charge in [0.25, 0.3) is 0 Å². The third-order valence-corrected chi connectivity index (χ3v) is 2.74. The number of tetrazole rings is 1. The SMILES string of the molecule is Nc1ccc(-c2cc(F)ncc2F)c(-c2nn[nH]n2)c1. The number of nitrogens with zero attached hydrogens (tertiary/aromatic N) is 4. The van der Waals surface area contributed by atoms with Gasteiger partial charge in [0.1, 0.15) is 5.82 Å². The first-order valence-electron chi connectivity index (χ1n) is 5.60. The van der Waals surface area contributed by atoms with Gasteiger partial charge >= 0.3 is 0 Å². The topological polar surface area (TPSA) is 93.4 Å². The lowest BCUT2D eigenvalue weighted by atomic mass is 9.99. The molecule has 0 fully saturated rings. The molecule has 3 rings (SSSR count). The van der Waals surface area contributed by atoms with Crippen LogP contribution in [0.5, 0.6) is 0 Å². The van der Waals surface area contributed by atoms with Gasteiger partial charge < -0.3 is 5.73 Å². The summed E-state index contributed by atoms with van der Waals surface area (Å²) in [6.45, 7) is 0. The van der Waals surface area contributed by atoms with E-state index in [1.54, 1.807) is 18.2 Å². The summed E-state index contributed by atoms with van der Waals surface area (Å²) in [5, 5.41) is 13.4. The molecule has 0 radical (unpaired) electrons. The summed E-state index contributed by atoms with van der Waals surface area (Å²) >= 11 is 0. The highest BCUT2D eigenvalue weighted by molar-refractivity contribution is 5.82. The summed E-state index contributed by atoms with van der Waals surface area (Å²) in [6.07, 6.45) is 0.820. The van der Waals surface area contributed by atoms with Crippen molar-refractivity contribution in [2.45, 2.75) is 0 Å². The van der Waals surface area contributed by atoms with Crippen molar-refractivity contribution in [3.8, 4) is 22.5 Å². The molecule has 20 heavy (non-hydrogen) atoms. The summed E-state index contributed by atoms with van der Waals surface area (Å²) in [4.78, 5) is 3.26. The lowest BCUT2D eigenvalue weighted by Crippen LogP contribution is -1.95. The van der Waals surface area contributed by atoms with Crippen LogP contribution in [0.15, 0.2) is 30.5 Å². The number of pyridine rings is 1. The highest BCUT2D eigenvalue weighted by atomic mass is 19.1. The monoisotopic (exact) mass is 274 g/mol. The first kappa shape index (κ1) is 12.2. The molecule has 6 nitrogen and oxygen atoms in total. The molecule has 0 saturated heterocycles. The van der Waals surface area contributed by atoms with E-state index in [0.717, 1.165) is 12.3 Å². The van der Waals surface area contributed by atoms with Gasteiger partial charge in [0.15, 0.2) is 0 Å². The maximum absolute atomic E-state index is 13.9. The van der Waals surface area contributed by atoms with E-state index in [2.05, 4.69) is 25.6 Å². The molecule has 3 N–H and O–H groups in total. The smallest absolute Gasteiger partial charge is 0.213 e. The van der Waals surface area contributed by atoms with Crippen LogP contribution >= 0.6 is 0 Å². The Morgan fingerprint density at radius 3 is 2.65 bits per heavy atom. The Bertz CT molecular complexity index is 757. The number of H-pyrrole nitrogens is 1. The molecule has 100 valence electrons. The number of hydrogen-bond donors (Lipinski definition) is 2. The van der Waals surface area contributed by atoms with E-state index >= 15 is 0 Å². The Labute approximate surface area is 111 Å². The molecule has 2 heterocycles. The fourth-order valence-corrected chi connectivity index (χ4v) is 1.88. The van der Waals surface area contributed by atoms with Gasteiger partial charge in [-0.15, -0.1) is 10.2 Å². The summed E-state index contributed by atoms with van der Waals surface area (Å²) in [5.41, 5.74) is 7.06. The van der Waals surface area contributed by atoms with Crippen LogP contribution in [0, 0.1) is 11.8 Å². The minimum Gasteiger partial charge on any atom is -0.399 e. The van der Waals surface area contributed by atoms with Crippen LogP contribution in [0.3, 0.4) is 0 Å². The number of nitrogens with two attached hydrogens (primary N) is 1. The Balaban J connectivity index is 2.26. The zero-order valence-corrected chi connectivity index (χ0v) is 10.0. The second kappa shape index (κ2) is 4.65. The summed E-state index contributed by atoms with van der Waals surface area (Å²) < 4.78 is 27.1. The average Bonchev–Trinajstić information content (AvgIpc) is 2.96. The molecule has 1 aromatic carbocycles. The van der Waals surface area contributed by atoms with Gasteiger partial charge in [0.2, 0.25) is 11.8 Å². The van der Waals surface area contributed by atoms with Crippen LogP contribution < -0.4 is 5.73 Å². The molecule has 0 spiro atoms. The Hall–Kier alpha value is -2.90. The van der Waals surface area contributed by atoms with E-state index in [4.69, 9.17) is 5.73 Å². The van der Waals surface area contributed by atoms with Gasteiger partial charge in [-0.1, -0.05) is 6.07 Å². The standard InChI is InChI=1S/C12H8F2N6/c13-10-5-16-11(14)4-8(10)7-2-1-6(15)3-9(7)12-17-19-20-18-12/h1-5H,15H2,(H,17,18,19,20). The molecular weight excluding hydrogens is 266 g/mol. The van der Waals surface area contributed by atoms with Crippen molar-refractivity contribution in [1.82, 2.24) is 25.6 Å². The van der Waals surface area contributed by atoms with Crippen LogP contribution in [0.2, 0.25) is 0 Å². The average molecular weight is 274 g/mol. The van der Waals surface area contributed by atoms with Gasteiger partial charge in [-0.05, 0) is 22.9 Å². The number of rotatable bonds is 2. The van der Waals surface area contributed by atoms with Crippen LogP contribution in [0.4, 0.5) is 14.5 Å². The number of halogens is 2. The van der Waals surface area contributed by atoms with Crippen molar-refractivity contribution in [1.29, 1.82) is 0 Å². The molecule has 8 heteroatoms. The lowest BCUT2D eigenvalue weighted by Gasteiger charge is -2.08. The number of anilines is 1. The maximum atomic E-state index is 13.9. The van der Waals surface area contributed by atoms with Crippen LogP contribution in [-0.2, 0) is 0 Å². The molecule has 0 saturated carbocycles. The van der Waals surface area contributed by atoms with Crippen molar-refractivity contribution in [3.05, 3.63) is 42.2 Å². The molecule has 0 atom stereocenters. The van der Waals surface area contributed by atoms with Gasteiger partial charge in [-0.25, -0.2) is 9.37 Å². The Kier molecular flexibility index (Phi) is 2.82. The molecule has 0 aliphatic rings. The quantitative estimate of drug-likeness (QED) is 0.549. The van der Waals surface area contributed by atoms with Gasteiger partial charge in [0.05, 0.1) is 6.20 Å². The van der Waals surface area contributed by atoms with Crippen molar-refractivity contribution in [3.63, 3.8) is 0 Å². The van der Waals surface area contributed by atoms with Crippen molar-refractivity contribution in [2.75, 3.05) is 5.73 Å². The van der Waals surface area contributed by atoms with E-state index in [-0.39, 0.29) is 11.4 Å².